The largest absolute Gasteiger partial charge is 0.296 e. The maximum Gasteiger partial charge on any atom is 0.230 e. The first-order valence-corrected chi connectivity index (χ1v) is 6.15. The molecule has 3 rings (SSSR count). The molecular formula is C14H15NO2. The topological polar surface area (TPSA) is 46.2 Å². The Morgan fingerprint density at radius 2 is 1.65 bits per heavy atom. The van der Waals surface area contributed by atoms with Gasteiger partial charge in [-0.3, -0.25) is 14.9 Å². The van der Waals surface area contributed by atoms with Gasteiger partial charge in [-0.2, -0.15) is 0 Å². The number of fused-ring (bicyclic) bond motifs is 1. The Bertz CT molecular complexity index is 455. The van der Waals surface area contributed by atoms with Crippen LogP contribution >= 0.6 is 0 Å². The number of nitrogens with one attached hydrogen (secondary N) is 1. The second-order valence-electron chi connectivity index (χ2n) is 4.99. The van der Waals surface area contributed by atoms with Gasteiger partial charge >= 0.3 is 0 Å². The van der Waals surface area contributed by atoms with E-state index in [-0.39, 0.29) is 23.7 Å². The van der Waals surface area contributed by atoms with Crippen LogP contribution in [-0.4, -0.2) is 11.8 Å². The van der Waals surface area contributed by atoms with E-state index in [0.29, 0.717) is 5.92 Å². The smallest absolute Gasteiger partial charge is 0.230 e. The molecule has 0 aromatic heterocycles. The highest BCUT2D eigenvalue weighted by Crippen LogP contribution is 2.41. The molecule has 3 atom stereocenters. The van der Waals surface area contributed by atoms with Gasteiger partial charge in [0.15, 0.2) is 0 Å². The van der Waals surface area contributed by atoms with Crippen LogP contribution in [0.25, 0.3) is 0 Å². The molecule has 1 heterocycles. The highest BCUT2D eigenvalue weighted by molar-refractivity contribution is 6.05. The summed E-state index contributed by atoms with van der Waals surface area (Å²) in [6.07, 6.45) is 2.65. The first kappa shape index (κ1) is 10.5. The SMILES string of the molecule is O=C1NC(=O)[C@@H]2C[C@@H](c3ccccc3)CC[C@@H]12. The Labute approximate surface area is 100 Å². The fourth-order valence-electron chi connectivity index (χ4n) is 3.11. The zero-order valence-electron chi connectivity index (χ0n) is 9.56. The molecular weight excluding hydrogens is 214 g/mol. The van der Waals surface area contributed by atoms with Crippen molar-refractivity contribution < 1.29 is 9.59 Å². The van der Waals surface area contributed by atoms with Crippen molar-refractivity contribution in [3.63, 3.8) is 0 Å². The molecule has 0 unspecified atom stereocenters. The van der Waals surface area contributed by atoms with Gasteiger partial charge in [0, 0.05) is 0 Å². The Morgan fingerprint density at radius 3 is 2.41 bits per heavy atom. The second kappa shape index (κ2) is 3.99. The van der Waals surface area contributed by atoms with Gasteiger partial charge < -0.3 is 0 Å². The molecule has 0 bridgehead atoms. The first-order chi connectivity index (χ1) is 8.25. The summed E-state index contributed by atoms with van der Waals surface area (Å²) in [6.45, 7) is 0. The molecule has 1 aliphatic carbocycles. The summed E-state index contributed by atoms with van der Waals surface area (Å²) in [5.41, 5.74) is 1.29. The molecule has 1 N–H and O–H groups in total. The third kappa shape index (κ3) is 1.75. The van der Waals surface area contributed by atoms with E-state index in [9.17, 15) is 9.59 Å². The molecule has 2 fully saturated rings. The summed E-state index contributed by atoms with van der Waals surface area (Å²) in [7, 11) is 0. The van der Waals surface area contributed by atoms with Crippen LogP contribution < -0.4 is 5.32 Å². The van der Waals surface area contributed by atoms with Crippen LogP contribution in [0.15, 0.2) is 30.3 Å². The minimum atomic E-state index is -0.0959. The molecule has 1 saturated carbocycles. The fourth-order valence-corrected chi connectivity index (χ4v) is 3.11. The molecule has 88 valence electrons. The van der Waals surface area contributed by atoms with Crippen LogP contribution in [0.5, 0.6) is 0 Å². The van der Waals surface area contributed by atoms with Gasteiger partial charge in [-0.15, -0.1) is 0 Å². The lowest BCUT2D eigenvalue weighted by molar-refractivity contribution is -0.126. The van der Waals surface area contributed by atoms with Crippen molar-refractivity contribution in [2.75, 3.05) is 0 Å². The van der Waals surface area contributed by atoms with E-state index in [1.54, 1.807) is 0 Å². The van der Waals surface area contributed by atoms with Crippen molar-refractivity contribution in [3.8, 4) is 0 Å². The van der Waals surface area contributed by atoms with Gasteiger partial charge in [-0.25, -0.2) is 0 Å². The third-order valence-corrected chi connectivity index (χ3v) is 4.04. The Morgan fingerprint density at radius 1 is 0.941 bits per heavy atom. The summed E-state index contributed by atoms with van der Waals surface area (Å²) in [5, 5.41) is 2.45. The number of carbonyl (C=O) groups is 2. The van der Waals surface area contributed by atoms with Crippen LogP contribution in [0.3, 0.4) is 0 Å². The second-order valence-corrected chi connectivity index (χ2v) is 4.99. The predicted octanol–water partition coefficient (Wildman–Crippen LogP) is 1.84. The van der Waals surface area contributed by atoms with Crippen LogP contribution in [0, 0.1) is 11.8 Å². The normalized spacial score (nSPS) is 32.1. The first-order valence-electron chi connectivity index (χ1n) is 6.15. The van der Waals surface area contributed by atoms with Crippen molar-refractivity contribution in [2.45, 2.75) is 25.2 Å². The van der Waals surface area contributed by atoms with Crippen molar-refractivity contribution >= 4 is 11.8 Å². The van der Waals surface area contributed by atoms with Crippen LogP contribution in [-0.2, 0) is 9.59 Å². The van der Waals surface area contributed by atoms with Gasteiger partial charge in [-0.1, -0.05) is 30.3 Å². The van der Waals surface area contributed by atoms with Crippen molar-refractivity contribution in [1.82, 2.24) is 5.32 Å². The highest BCUT2D eigenvalue weighted by Gasteiger charge is 2.45. The van der Waals surface area contributed by atoms with E-state index >= 15 is 0 Å². The van der Waals surface area contributed by atoms with E-state index in [1.807, 2.05) is 18.2 Å². The molecule has 17 heavy (non-hydrogen) atoms. The Hall–Kier alpha value is -1.64. The van der Waals surface area contributed by atoms with Crippen LogP contribution in [0.2, 0.25) is 0 Å². The monoisotopic (exact) mass is 229 g/mol. The lowest BCUT2D eigenvalue weighted by Crippen LogP contribution is -2.26. The molecule has 1 aromatic rings. The zero-order chi connectivity index (χ0) is 11.8. The Kier molecular flexibility index (Phi) is 2.46. The maximum absolute atomic E-state index is 11.7. The molecule has 3 nitrogen and oxygen atoms in total. The Balaban J connectivity index is 1.81. The molecule has 1 saturated heterocycles. The van der Waals surface area contributed by atoms with Gasteiger partial charge in [0.1, 0.15) is 0 Å². The number of amides is 2. The van der Waals surface area contributed by atoms with E-state index in [0.717, 1.165) is 19.3 Å². The minimum absolute atomic E-state index is 0.0634. The molecule has 3 heteroatoms. The molecule has 2 aliphatic rings. The number of hydrogen-bond donors (Lipinski definition) is 1. The summed E-state index contributed by atoms with van der Waals surface area (Å²) < 4.78 is 0. The van der Waals surface area contributed by atoms with E-state index in [1.165, 1.54) is 5.56 Å². The van der Waals surface area contributed by atoms with E-state index in [4.69, 9.17) is 0 Å². The van der Waals surface area contributed by atoms with Crippen molar-refractivity contribution in [3.05, 3.63) is 35.9 Å². The number of hydrogen-bond acceptors (Lipinski definition) is 2. The standard InChI is InChI=1S/C14H15NO2/c16-13-11-7-6-10(8-12(11)14(17)15-13)9-4-2-1-3-5-9/h1-5,10-12H,6-8H2,(H,15,16,17)/t10-,11+,12+/m0/s1. The average Bonchev–Trinajstić information content (AvgIpc) is 2.66. The number of benzene rings is 1. The molecule has 1 aliphatic heterocycles. The van der Waals surface area contributed by atoms with Gasteiger partial charge in [-0.05, 0) is 30.7 Å². The average molecular weight is 229 g/mol. The fraction of sp³-hybridized carbons (Fsp3) is 0.429. The maximum atomic E-state index is 11.7. The predicted molar refractivity (Wildman–Crippen MR) is 63.2 cm³/mol. The third-order valence-electron chi connectivity index (χ3n) is 4.04. The molecule has 1 aromatic carbocycles. The molecule has 0 radical (unpaired) electrons. The summed E-state index contributed by atoms with van der Waals surface area (Å²) in [4.78, 5) is 23.2. The van der Waals surface area contributed by atoms with Crippen LogP contribution in [0.4, 0.5) is 0 Å². The molecule has 0 spiro atoms. The molecule has 2 amide bonds. The zero-order valence-corrected chi connectivity index (χ0v) is 9.56. The number of imide groups is 1. The summed E-state index contributed by atoms with van der Waals surface area (Å²) in [5.74, 6) is 0.130. The summed E-state index contributed by atoms with van der Waals surface area (Å²) >= 11 is 0. The van der Waals surface area contributed by atoms with Gasteiger partial charge in [0.2, 0.25) is 11.8 Å². The van der Waals surface area contributed by atoms with E-state index < -0.39 is 0 Å². The quantitative estimate of drug-likeness (QED) is 0.747. The lowest BCUT2D eigenvalue weighted by atomic mass is 9.73. The van der Waals surface area contributed by atoms with E-state index in [2.05, 4.69) is 17.4 Å². The van der Waals surface area contributed by atoms with Gasteiger partial charge in [0.05, 0.1) is 11.8 Å². The number of rotatable bonds is 1. The van der Waals surface area contributed by atoms with Crippen LogP contribution in [0.1, 0.15) is 30.7 Å². The van der Waals surface area contributed by atoms with Crippen molar-refractivity contribution in [1.29, 1.82) is 0 Å². The summed E-state index contributed by atoms with van der Waals surface area (Å²) in [6, 6.07) is 10.3. The highest BCUT2D eigenvalue weighted by atomic mass is 16.2. The number of carbonyl (C=O) groups excluding carboxylic acids is 2. The lowest BCUT2D eigenvalue weighted by Gasteiger charge is -2.29. The minimum Gasteiger partial charge on any atom is -0.296 e. The van der Waals surface area contributed by atoms with Gasteiger partial charge in [0.25, 0.3) is 0 Å². The van der Waals surface area contributed by atoms with Crippen molar-refractivity contribution in [2.24, 2.45) is 11.8 Å².